The van der Waals surface area contributed by atoms with Crippen molar-refractivity contribution in [1.29, 1.82) is 0 Å². The van der Waals surface area contributed by atoms with E-state index in [4.69, 9.17) is 0 Å². The highest BCUT2D eigenvalue weighted by molar-refractivity contribution is 9.10. The Morgan fingerprint density at radius 3 is 2.62 bits per heavy atom. The maximum atomic E-state index is 11.6. The van der Waals surface area contributed by atoms with E-state index in [-0.39, 0.29) is 0 Å². The monoisotopic (exact) mass is 280 g/mol. The summed E-state index contributed by atoms with van der Waals surface area (Å²) in [5, 5.41) is 0. The number of H-pyrrole nitrogens is 1. The molecule has 0 unspecified atom stereocenters. The SMILES string of the molecule is Cc1cc(Br)ccc1-n1ccc(=O)[nH]c1=O. The number of nitrogens with one attached hydrogen (secondary N) is 1. The molecule has 0 bridgehead atoms. The van der Waals surface area contributed by atoms with Crippen molar-refractivity contribution in [3.63, 3.8) is 0 Å². The Morgan fingerprint density at radius 2 is 2.00 bits per heavy atom. The molecule has 0 fully saturated rings. The Kier molecular flexibility index (Phi) is 2.78. The lowest BCUT2D eigenvalue weighted by molar-refractivity contribution is 0.889. The molecule has 0 aliphatic heterocycles. The Labute approximate surface area is 99.7 Å². The Morgan fingerprint density at radius 1 is 1.25 bits per heavy atom. The molecule has 0 radical (unpaired) electrons. The minimum Gasteiger partial charge on any atom is -0.274 e. The van der Waals surface area contributed by atoms with Gasteiger partial charge in [0.25, 0.3) is 5.56 Å². The molecule has 0 atom stereocenters. The fourth-order valence-corrected chi connectivity index (χ4v) is 1.97. The first-order chi connectivity index (χ1) is 7.58. The minimum absolute atomic E-state index is 0.393. The van der Waals surface area contributed by atoms with E-state index in [0.717, 1.165) is 15.7 Å². The van der Waals surface area contributed by atoms with Crippen molar-refractivity contribution in [3.8, 4) is 5.69 Å². The van der Waals surface area contributed by atoms with Gasteiger partial charge in [-0.1, -0.05) is 15.9 Å². The van der Waals surface area contributed by atoms with E-state index in [1.54, 1.807) is 0 Å². The van der Waals surface area contributed by atoms with Crippen molar-refractivity contribution in [2.45, 2.75) is 6.92 Å². The summed E-state index contributed by atoms with van der Waals surface area (Å²) in [6, 6.07) is 6.90. The van der Waals surface area contributed by atoms with Crippen molar-refractivity contribution < 1.29 is 0 Å². The highest BCUT2D eigenvalue weighted by Gasteiger charge is 2.03. The van der Waals surface area contributed by atoms with Crippen LogP contribution in [0.2, 0.25) is 0 Å². The van der Waals surface area contributed by atoms with Crippen LogP contribution in [0.1, 0.15) is 5.56 Å². The molecule has 82 valence electrons. The predicted octanol–water partition coefficient (Wildman–Crippen LogP) is 1.60. The molecule has 5 heteroatoms. The van der Waals surface area contributed by atoms with Crippen molar-refractivity contribution in [2.75, 3.05) is 0 Å². The van der Waals surface area contributed by atoms with Crippen LogP contribution in [0.25, 0.3) is 5.69 Å². The van der Waals surface area contributed by atoms with Crippen LogP contribution >= 0.6 is 15.9 Å². The lowest BCUT2D eigenvalue weighted by Crippen LogP contribution is -2.27. The summed E-state index contributed by atoms with van der Waals surface area (Å²) in [6.45, 7) is 1.90. The second-order valence-electron chi connectivity index (χ2n) is 3.41. The maximum absolute atomic E-state index is 11.6. The fourth-order valence-electron chi connectivity index (χ4n) is 1.50. The molecule has 4 nitrogen and oxygen atoms in total. The average Bonchev–Trinajstić information content (AvgIpc) is 2.19. The highest BCUT2D eigenvalue weighted by Crippen LogP contribution is 2.17. The van der Waals surface area contributed by atoms with E-state index in [2.05, 4.69) is 20.9 Å². The van der Waals surface area contributed by atoms with Gasteiger partial charge in [0.15, 0.2) is 0 Å². The summed E-state index contributed by atoms with van der Waals surface area (Å²) in [7, 11) is 0. The molecule has 2 aromatic rings. The number of rotatable bonds is 1. The number of hydrogen-bond donors (Lipinski definition) is 1. The van der Waals surface area contributed by atoms with Crippen molar-refractivity contribution in [1.82, 2.24) is 9.55 Å². The summed E-state index contributed by atoms with van der Waals surface area (Å²) < 4.78 is 2.36. The van der Waals surface area contributed by atoms with Crippen molar-refractivity contribution >= 4 is 15.9 Å². The summed E-state index contributed by atoms with van der Waals surface area (Å²) in [4.78, 5) is 24.7. The maximum Gasteiger partial charge on any atom is 0.332 e. The molecule has 0 aliphatic carbocycles. The number of aromatic amines is 1. The summed E-state index contributed by atoms with van der Waals surface area (Å²) in [6.07, 6.45) is 1.47. The third-order valence-corrected chi connectivity index (χ3v) is 2.74. The van der Waals surface area contributed by atoms with Crippen molar-refractivity contribution in [3.05, 3.63) is 61.3 Å². The molecule has 1 aromatic heterocycles. The molecule has 0 saturated carbocycles. The quantitative estimate of drug-likeness (QED) is 0.863. The summed E-state index contributed by atoms with van der Waals surface area (Å²) in [5.41, 5.74) is 0.877. The van der Waals surface area contributed by atoms with Crippen LogP contribution in [0, 0.1) is 6.92 Å². The molecule has 16 heavy (non-hydrogen) atoms. The average molecular weight is 281 g/mol. The molecule has 2 rings (SSSR count). The first-order valence-corrected chi connectivity index (χ1v) is 5.46. The number of nitrogens with zero attached hydrogens (tertiary/aromatic N) is 1. The van der Waals surface area contributed by atoms with Gasteiger partial charge in [-0.15, -0.1) is 0 Å². The standard InChI is InChI=1S/C11H9BrN2O2/c1-7-6-8(12)2-3-9(7)14-5-4-10(15)13-11(14)16/h2-6H,1H3,(H,13,15,16). The van der Waals surface area contributed by atoms with Gasteiger partial charge in [-0.05, 0) is 30.7 Å². The lowest BCUT2D eigenvalue weighted by Gasteiger charge is -2.08. The van der Waals surface area contributed by atoms with E-state index in [9.17, 15) is 9.59 Å². The van der Waals surface area contributed by atoms with Crippen molar-refractivity contribution in [2.24, 2.45) is 0 Å². The van der Waals surface area contributed by atoms with Gasteiger partial charge in [0, 0.05) is 16.7 Å². The Hall–Kier alpha value is -1.62. The van der Waals surface area contributed by atoms with Crippen LogP contribution in [0.4, 0.5) is 0 Å². The summed E-state index contributed by atoms with van der Waals surface area (Å²) in [5.74, 6) is 0. The van der Waals surface area contributed by atoms with Gasteiger partial charge < -0.3 is 0 Å². The molecule has 0 spiro atoms. The zero-order chi connectivity index (χ0) is 11.7. The number of aromatic nitrogens is 2. The topological polar surface area (TPSA) is 54.9 Å². The molecule has 1 heterocycles. The molecule has 0 aliphatic rings. The van der Waals surface area contributed by atoms with Crippen LogP contribution in [0.5, 0.6) is 0 Å². The van der Waals surface area contributed by atoms with E-state index < -0.39 is 11.2 Å². The second-order valence-corrected chi connectivity index (χ2v) is 4.33. The summed E-state index contributed by atoms with van der Waals surface area (Å²) >= 11 is 3.35. The van der Waals surface area contributed by atoms with Gasteiger partial charge in [-0.3, -0.25) is 14.3 Å². The molecule has 0 amide bonds. The molecule has 1 N–H and O–H groups in total. The van der Waals surface area contributed by atoms with E-state index in [0.29, 0.717) is 0 Å². The lowest BCUT2D eigenvalue weighted by atomic mass is 10.2. The fraction of sp³-hybridized carbons (Fsp3) is 0.0909. The largest absolute Gasteiger partial charge is 0.332 e. The van der Waals surface area contributed by atoms with Gasteiger partial charge in [0.05, 0.1) is 5.69 Å². The van der Waals surface area contributed by atoms with E-state index in [1.807, 2.05) is 25.1 Å². The third kappa shape index (κ3) is 1.99. The van der Waals surface area contributed by atoms with E-state index >= 15 is 0 Å². The minimum atomic E-state index is -0.432. The number of halogens is 1. The van der Waals surface area contributed by atoms with Gasteiger partial charge in [0.2, 0.25) is 0 Å². The third-order valence-electron chi connectivity index (χ3n) is 2.24. The van der Waals surface area contributed by atoms with Crippen LogP contribution in [-0.2, 0) is 0 Å². The van der Waals surface area contributed by atoms with E-state index in [1.165, 1.54) is 16.8 Å². The molecular weight excluding hydrogens is 272 g/mol. The first-order valence-electron chi connectivity index (χ1n) is 4.66. The van der Waals surface area contributed by atoms with Gasteiger partial charge >= 0.3 is 5.69 Å². The van der Waals surface area contributed by atoms with Gasteiger partial charge in [-0.25, -0.2) is 4.79 Å². The van der Waals surface area contributed by atoms with Gasteiger partial charge in [-0.2, -0.15) is 0 Å². The van der Waals surface area contributed by atoms with Crippen LogP contribution in [0.15, 0.2) is 44.5 Å². The highest BCUT2D eigenvalue weighted by atomic mass is 79.9. The number of benzene rings is 1. The zero-order valence-electron chi connectivity index (χ0n) is 8.53. The molecule has 0 saturated heterocycles. The van der Waals surface area contributed by atoms with Crippen LogP contribution < -0.4 is 11.2 Å². The van der Waals surface area contributed by atoms with Gasteiger partial charge in [0.1, 0.15) is 0 Å². The molecule has 1 aromatic carbocycles. The van der Waals surface area contributed by atoms with Crippen LogP contribution in [-0.4, -0.2) is 9.55 Å². The number of aryl methyl sites for hydroxylation is 1. The molecular formula is C11H9BrN2O2. The smallest absolute Gasteiger partial charge is 0.274 e. The zero-order valence-corrected chi connectivity index (χ0v) is 10.1. The predicted molar refractivity (Wildman–Crippen MR) is 65.1 cm³/mol. The second kappa shape index (κ2) is 4.09. The van der Waals surface area contributed by atoms with Crippen LogP contribution in [0.3, 0.4) is 0 Å². The first kappa shape index (κ1) is 10.9. The normalized spacial score (nSPS) is 10.4. The Bertz CT molecular complexity index is 643. The Balaban J connectivity index is 2.68. The number of hydrogen-bond acceptors (Lipinski definition) is 2.